The predicted octanol–water partition coefficient (Wildman–Crippen LogP) is 7.97. The zero-order valence-corrected chi connectivity index (χ0v) is 22.9. The lowest BCUT2D eigenvalue weighted by molar-refractivity contribution is 0.468. The van der Waals surface area contributed by atoms with Gasteiger partial charge in [0.15, 0.2) is 5.75 Å². The number of unbranched alkanes of at least 4 members (excludes halogenated alkanes) is 2. The molecule has 0 bridgehead atoms. The largest absolute Gasteiger partial charge is 0.454 e. The van der Waals surface area contributed by atoms with E-state index in [4.69, 9.17) is 16.3 Å². The molecule has 0 spiro atoms. The summed E-state index contributed by atoms with van der Waals surface area (Å²) in [5.41, 5.74) is 1.16. The summed E-state index contributed by atoms with van der Waals surface area (Å²) in [5.74, 6) is 1.67. The molecule has 0 unspecified atom stereocenters. The van der Waals surface area contributed by atoms with Gasteiger partial charge in [-0.15, -0.1) is 0 Å². The molecule has 0 aliphatic rings. The van der Waals surface area contributed by atoms with Gasteiger partial charge < -0.3 is 15.0 Å². The van der Waals surface area contributed by atoms with Crippen LogP contribution in [0.15, 0.2) is 47.4 Å². The molecule has 1 N–H and O–H groups in total. The zero-order chi connectivity index (χ0) is 24.4. The zero-order valence-electron chi connectivity index (χ0n) is 21.4. The van der Waals surface area contributed by atoms with Crippen LogP contribution in [0.4, 0.5) is 5.69 Å². The van der Waals surface area contributed by atoms with Crippen LogP contribution in [0.2, 0.25) is 5.02 Å². The second kappa shape index (κ2) is 19.1. The molecule has 4 nitrogen and oxygen atoms in total. The minimum absolute atomic E-state index is 0.681. The van der Waals surface area contributed by atoms with E-state index in [2.05, 4.69) is 46.6 Å². The van der Waals surface area contributed by atoms with Crippen LogP contribution in [0.3, 0.4) is 0 Å². The Bertz CT molecular complexity index is 720. The molecule has 0 radical (unpaired) electrons. The Balaban J connectivity index is 0.00000177. The first-order valence-corrected chi connectivity index (χ1v) is 12.9. The number of nitrogens with zero attached hydrogens (tertiary/aromatic N) is 2. The maximum absolute atomic E-state index is 6.39. The highest BCUT2D eigenvalue weighted by atomic mass is 35.5. The van der Waals surface area contributed by atoms with Crippen LogP contribution in [-0.2, 0) is 0 Å². The molecule has 32 heavy (non-hydrogen) atoms. The van der Waals surface area contributed by atoms with Crippen LogP contribution in [0.25, 0.3) is 0 Å². The molecule has 0 aliphatic carbocycles. The van der Waals surface area contributed by atoms with Crippen molar-refractivity contribution in [3.8, 4) is 11.5 Å². The SMILES string of the molecule is CC.CCCCN(CCCC)c1cccc(SN(C)C)c1Oc1cccc(Cl)c1.CNC. The molecule has 6 heteroatoms. The van der Waals surface area contributed by atoms with E-state index in [-0.39, 0.29) is 0 Å². The minimum Gasteiger partial charge on any atom is -0.454 e. The maximum atomic E-state index is 6.39. The van der Waals surface area contributed by atoms with Crippen molar-refractivity contribution in [2.45, 2.75) is 58.3 Å². The molecule has 0 saturated carbocycles. The maximum Gasteiger partial charge on any atom is 0.165 e. The van der Waals surface area contributed by atoms with Crippen LogP contribution in [0.1, 0.15) is 53.4 Å². The van der Waals surface area contributed by atoms with Gasteiger partial charge in [0.1, 0.15) is 5.75 Å². The van der Waals surface area contributed by atoms with Crippen molar-refractivity contribution in [2.75, 3.05) is 46.2 Å². The van der Waals surface area contributed by atoms with Crippen molar-refractivity contribution in [3.63, 3.8) is 0 Å². The molecule has 2 aromatic carbocycles. The Labute approximate surface area is 206 Å². The Morgan fingerprint density at radius 1 is 0.938 bits per heavy atom. The van der Waals surface area contributed by atoms with Gasteiger partial charge in [-0.05, 0) is 83.3 Å². The van der Waals surface area contributed by atoms with Gasteiger partial charge in [-0.2, -0.15) is 0 Å². The number of benzene rings is 2. The number of para-hydroxylation sites is 1. The molecule has 182 valence electrons. The number of anilines is 1. The molecule has 2 aromatic rings. The van der Waals surface area contributed by atoms with Crippen LogP contribution in [-0.4, -0.2) is 45.6 Å². The second-order valence-electron chi connectivity index (χ2n) is 7.26. The van der Waals surface area contributed by atoms with E-state index in [1.54, 1.807) is 11.9 Å². The van der Waals surface area contributed by atoms with Crippen LogP contribution in [0.5, 0.6) is 11.5 Å². The van der Waals surface area contributed by atoms with Gasteiger partial charge in [-0.1, -0.05) is 64.3 Å². The summed E-state index contributed by atoms with van der Waals surface area (Å²) in [6.45, 7) is 10.6. The van der Waals surface area contributed by atoms with Crippen molar-refractivity contribution in [2.24, 2.45) is 0 Å². The Morgan fingerprint density at radius 2 is 1.50 bits per heavy atom. The smallest absolute Gasteiger partial charge is 0.165 e. The lowest BCUT2D eigenvalue weighted by Gasteiger charge is -2.28. The lowest BCUT2D eigenvalue weighted by Crippen LogP contribution is -2.26. The Hall–Kier alpha value is -1.40. The fourth-order valence-corrected chi connectivity index (χ4v) is 3.77. The van der Waals surface area contributed by atoms with Gasteiger partial charge in [0, 0.05) is 18.1 Å². The highest BCUT2D eigenvalue weighted by Crippen LogP contribution is 2.42. The molecule has 0 heterocycles. The first-order chi connectivity index (χ1) is 15.5. The monoisotopic (exact) mass is 481 g/mol. The second-order valence-corrected chi connectivity index (χ2v) is 9.05. The van der Waals surface area contributed by atoms with Gasteiger partial charge in [0.05, 0.1) is 10.6 Å². The number of hydrogen-bond acceptors (Lipinski definition) is 5. The summed E-state index contributed by atoms with van der Waals surface area (Å²) in [4.78, 5) is 3.57. The van der Waals surface area contributed by atoms with E-state index in [0.29, 0.717) is 5.02 Å². The highest BCUT2D eigenvalue weighted by Gasteiger charge is 2.18. The molecule has 0 aliphatic heterocycles. The Kier molecular flexibility index (Phi) is 18.3. The third-order valence-corrected chi connectivity index (χ3v) is 5.28. The minimum atomic E-state index is 0.681. The van der Waals surface area contributed by atoms with E-state index < -0.39 is 0 Å². The molecule has 0 aromatic heterocycles. The van der Waals surface area contributed by atoms with E-state index >= 15 is 0 Å². The predicted molar refractivity (Wildman–Crippen MR) is 146 cm³/mol. The molecule has 0 amide bonds. The summed E-state index contributed by atoms with van der Waals surface area (Å²) >= 11 is 7.85. The average molecular weight is 482 g/mol. The van der Waals surface area contributed by atoms with E-state index in [1.807, 2.05) is 66.3 Å². The normalized spacial score (nSPS) is 10.1. The standard InChI is InChI=1S/C22H31ClN2OS.C2H7N.C2H6/c1-5-7-15-25(16-8-6-2)20-13-10-14-21(27-24(3)4)22(20)26-19-12-9-11-18(23)17-19;1-3-2;1-2/h9-14,17H,5-8,15-16H2,1-4H3;3H,1-2H3;1-2H3. The van der Waals surface area contributed by atoms with Gasteiger partial charge in [0.25, 0.3) is 0 Å². The van der Waals surface area contributed by atoms with Crippen LogP contribution < -0.4 is 15.0 Å². The van der Waals surface area contributed by atoms with E-state index in [1.165, 1.54) is 25.7 Å². The quantitative estimate of drug-likeness (QED) is 0.328. The first-order valence-electron chi connectivity index (χ1n) is 11.7. The average Bonchev–Trinajstić information content (AvgIpc) is 2.77. The highest BCUT2D eigenvalue weighted by molar-refractivity contribution is 7.97. The van der Waals surface area contributed by atoms with Crippen molar-refractivity contribution in [1.82, 2.24) is 9.62 Å². The topological polar surface area (TPSA) is 27.7 Å². The summed E-state index contributed by atoms with van der Waals surface area (Å²) in [7, 11) is 7.85. The fraction of sp³-hybridized carbons (Fsp3) is 0.538. The summed E-state index contributed by atoms with van der Waals surface area (Å²) < 4.78 is 8.48. The first kappa shape index (κ1) is 30.6. The molecule has 0 atom stereocenters. The van der Waals surface area contributed by atoms with Crippen molar-refractivity contribution >= 4 is 29.2 Å². The number of ether oxygens (including phenoxy) is 1. The van der Waals surface area contributed by atoms with Gasteiger partial charge in [0.2, 0.25) is 0 Å². The molecule has 0 fully saturated rings. The third-order valence-electron chi connectivity index (χ3n) is 4.16. The number of halogens is 1. The lowest BCUT2D eigenvalue weighted by atomic mass is 10.2. The third kappa shape index (κ3) is 12.0. The molecule has 0 saturated heterocycles. The van der Waals surface area contributed by atoms with Crippen molar-refractivity contribution < 1.29 is 4.74 Å². The van der Waals surface area contributed by atoms with E-state index in [0.717, 1.165) is 35.2 Å². The van der Waals surface area contributed by atoms with Crippen molar-refractivity contribution in [1.29, 1.82) is 0 Å². The number of hydrogen-bond donors (Lipinski definition) is 1. The van der Waals surface area contributed by atoms with Crippen LogP contribution in [0, 0.1) is 0 Å². The fourth-order valence-electron chi connectivity index (χ4n) is 2.82. The van der Waals surface area contributed by atoms with Gasteiger partial charge in [-0.3, -0.25) is 4.31 Å². The Morgan fingerprint density at radius 3 is 2.00 bits per heavy atom. The van der Waals surface area contributed by atoms with E-state index in [9.17, 15) is 0 Å². The molecular weight excluding hydrogens is 438 g/mol. The molecule has 2 rings (SSSR count). The summed E-state index contributed by atoms with van der Waals surface area (Å²) in [6.07, 6.45) is 4.70. The number of nitrogens with one attached hydrogen (secondary N) is 1. The van der Waals surface area contributed by atoms with Gasteiger partial charge >= 0.3 is 0 Å². The van der Waals surface area contributed by atoms with Crippen molar-refractivity contribution in [3.05, 3.63) is 47.5 Å². The summed E-state index contributed by atoms with van der Waals surface area (Å²) in [5, 5.41) is 3.43. The number of rotatable bonds is 11. The molecular formula is C26H44ClN3OS. The summed E-state index contributed by atoms with van der Waals surface area (Å²) in [6, 6.07) is 14.0. The van der Waals surface area contributed by atoms with Crippen LogP contribution >= 0.6 is 23.5 Å². The van der Waals surface area contributed by atoms with Gasteiger partial charge in [-0.25, -0.2) is 0 Å².